The van der Waals surface area contributed by atoms with E-state index in [0.717, 1.165) is 4.47 Å². The van der Waals surface area contributed by atoms with Crippen LogP contribution in [0.5, 0.6) is 5.75 Å². The van der Waals surface area contributed by atoms with Crippen molar-refractivity contribution in [3.05, 3.63) is 24.3 Å². The van der Waals surface area contributed by atoms with Crippen LogP contribution in [0.2, 0.25) is 8.94 Å². The van der Waals surface area contributed by atoms with Crippen molar-refractivity contribution in [2.45, 2.75) is 39.7 Å². The summed E-state index contributed by atoms with van der Waals surface area (Å²) in [5.74, 6) is 0.533. The van der Waals surface area contributed by atoms with Gasteiger partial charge in [0.1, 0.15) is 0 Å². The molecular formula is C13H21NO4STe. The Bertz CT molecular complexity index is 490. The molecule has 1 aromatic carbocycles. The average molecular weight is 415 g/mol. The van der Waals surface area contributed by atoms with Crippen LogP contribution in [0, 0.1) is 0 Å². The first-order chi connectivity index (χ1) is 9.43. The first-order valence-electron chi connectivity index (χ1n) is 6.45. The molecule has 1 atom stereocenters. The first kappa shape index (κ1) is 17.7. The monoisotopic (exact) mass is 417 g/mol. The molecule has 0 aromatic heterocycles. The zero-order chi connectivity index (χ0) is 15.0. The van der Waals surface area contributed by atoms with Crippen LogP contribution < -0.4 is 9.88 Å². The van der Waals surface area contributed by atoms with Crippen molar-refractivity contribution >= 4 is 30.9 Å². The van der Waals surface area contributed by atoms with E-state index < -0.39 is 16.1 Å². The number of unbranched alkanes of at least 4 members (excludes halogenated alkanes) is 1. The van der Waals surface area contributed by atoms with Gasteiger partial charge in [-0.05, 0) is 0 Å². The number of benzene rings is 1. The molecule has 0 saturated carbocycles. The van der Waals surface area contributed by atoms with Crippen molar-refractivity contribution in [3.63, 3.8) is 0 Å². The summed E-state index contributed by atoms with van der Waals surface area (Å²) in [6.07, 6.45) is 2.01. The number of primary sulfonamides is 1. The molecule has 7 heteroatoms. The quantitative estimate of drug-likeness (QED) is 0.472. The molecule has 114 valence electrons. The predicted octanol–water partition coefficient (Wildman–Crippen LogP) is 1.41. The van der Waals surface area contributed by atoms with E-state index in [1.54, 1.807) is 12.1 Å². The number of rotatable bonds is 9. The average Bonchev–Trinajstić information content (AvgIpc) is 2.41. The van der Waals surface area contributed by atoms with Crippen LogP contribution in [0.1, 0.15) is 19.8 Å². The molecule has 0 amide bonds. The molecule has 1 rings (SSSR count). The number of aliphatic hydroxyl groups is 1. The van der Waals surface area contributed by atoms with Crippen molar-refractivity contribution in [1.29, 1.82) is 0 Å². The van der Waals surface area contributed by atoms with Crippen LogP contribution >= 0.6 is 0 Å². The number of hydrogen-bond donors (Lipinski definition) is 2. The Kier molecular flexibility index (Phi) is 7.85. The van der Waals surface area contributed by atoms with E-state index in [2.05, 4.69) is 6.92 Å². The molecule has 0 fully saturated rings. The molecule has 0 aliphatic heterocycles. The zero-order valence-electron chi connectivity index (χ0n) is 11.5. The molecule has 0 spiro atoms. The molecule has 5 nitrogen and oxygen atoms in total. The molecule has 20 heavy (non-hydrogen) atoms. The Morgan fingerprint density at radius 3 is 2.55 bits per heavy atom. The van der Waals surface area contributed by atoms with E-state index >= 15 is 0 Å². The van der Waals surface area contributed by atoms with E-state index in [4.69, 9.17) is 9.88 Å². The van der Waals surface area contributed by atoms with E-state index in [1.807, 2.05) is 0 Å². The molecule has 0 aliphatic carbocycles. The molecule has 1 aromatic rings. The van der Waals surface area contributed by atoms with Crippen LogP contribution in [-0.4, -0.2) is 47.2 Å². The Balaban J connectivity index is 2.35. The minimum absolute atomic E-state index is 0.0527. The fourth-order valence-electron chi connectivity index (χ4n) is 1.43. The summed E-state index contributed by atoms with van der Waals surface area (Å²) in [6, 6.07) is 5.87. The van der Waals surface area contributed by atoms with Crippen LogP contribution in [0.25, 0.3) is 0 Å². The van der Waals surface area contributed by atoms with Gasteiger partial charge in [0.15, 0.2) is 0 Å². The second kappa shape index (κ2) is 8.85. The van der Waals surface area contributed by atoms with E-state index in [0.29, 0.717) is 5.75 Å². The van der Waals surface area contributed by atoms with Crippen molar-refractivity contribution < 1.29 is 18.3 Å². The SMILES string of the molecule is CCCC[Te]CC(O)COc1ccc(S(N)(=O)=O)cc1. The Morgan fingerprint density at radius 2 is 2.00 bits per heavy atom. The van der Waals surface area contributed by atoms with Gasteiger partial charge in [-0.3, -0.25) is 0 Å². The second-order valence-electron chi connectivity index (χ2n) is 4.41. The van der Waals surface area contributed by atoms with Gasteiger partial charge in [0.05, 0.1) is 0 Å². The summed E-state index contributed by atoms with van der Waals surface area (Å²) >= 11 is -0.122. The summed E-state index contributed by atoms with van der Waals surface area (Å²) < 4.78 is 29.7. The van der Waals surface area contributed by atoms with E-state index in [9.17, 15) is 13.5 Å². The summed E-state index contributed by atoms with van der Waals surface area (Å²) in [4.78, 5) is 0.0527. The third-order valence-electron chi connectivity index (χ3n) is 2.55. The van der Waals surface area contributed by atoms with Crippen LogP contribution in [0.4, 0.5) is 0 Å². The molecule has 0 heterocycles. The number of nitrogens with two attached hydrogens (primary N) is 1. The topological polar surface area (TPSA) is 89.6 Å². The normalized spacial score (nSPS) is 13.2. The Labute approximate surface area is 130 Å². The van der Waals surface area contributed by atoms with Gasteiger partial charge < -0.3 is 0 Å². The molecule has 0 saturated heterocycles. The molecule has 0 bridgehead atoms. The van der Waals surface area contributed by atoms with Crippen LogP contribution in [0.15, 0.2) is 29.2 Å². The van der Waals surface area contributed by atoms with E-state index in [1.165, 1.54) is 29.4 Å². The van der Waals surface area contributed by atoms with Crippen molar-refractivity contribution in [1.82, 2.24) is 0 Å². The van der Waals surface area contributed by atoms with Crippen molar-refractivity contribution in [2.75, 3.05) is 6.61 Å². The predicted molar refractivity (Wildman–Crippen MR) is 79.6 cm³/mol. The maximum absolute atomic E-state index is 11.1. The molecule has 0 radical (unpaired) electrons. The maximum atomic E-state index is 11.1. The van der Waals surface area contributed by atoms with Crippen LogP contribution in [0.3, 0.4) is 0 Å². The third kappa shape index (κ3) is 6.91. The molecule has 3 N–H and O–H groups in total. The van der Waals surface area contributed by atoms with Crippen molar-refractivity contribution in [2.24, 2.45) is 5.14 Å². The van der Waals surface area contributed by atoms with Gasteiger partial charge in [0.25, 0.3) is 0 Å². The summed E-state index contributed by atoms with van der Waals surface area (Å²) in [7, 11) is -3.67. The summed E-state index contributed by atoms with van der Waals surface area (Å²) in [6.45, 7) is 2.41. The third-order valence-corrected chi connectivity index (χ3v) is 6.90. The fraction of sp³-hybridized carbons (Fsp3) is 0.538. The van der Waals surface area contributed by atoms with Gasteiger partial charge in [0.2, 0.25) is 0 Å². The summed E-state index contributed by atoms with van der Waals surface area (Å²) in [5.41, 5.74) is 0. The van der Waals surface area contributed by atoms with Gasteiger partial charge in [-0.15, -0.1) is 0 Å². The summed E-state index contributed by atoms with van der Waals surface area (Å²) in [5, 5.41) is 14.8. The number of sulfonamides is 1. The van der Waals surface area contributed by atoms with Gasteiger partial charge in [0, 0.05) is 0 Å². The van der Waals surface area contributed by atoms with Gasteiger partial charge in [-0.1, -0.05) is 0 Å². The fourth-order valence-corrected chi connectivity index (χ4v) is 4.88. The Hall–Kier alpha value is -0.320. The number of aliphatic hydroxyl groups excluding tert-OH is 1. The second-order valence-corrected chi connectivity index (χ2v) is 9.25. The van der Waals surface area contributed by atoms with Gasteiger partial charge in [-0.25, -0.2) is 0 Å². The number of ether oxygens (including phenoxy) is 1. The van der Waals surface area contributed by atoms with Crippen molar-refractivity contribution in [3.8, 4) is 5.75 Å². The van der Waals surface area contributed by atoms with E-state index in [-0.39, 0.29) is 32.4 Å². The molecule has 1 unspecified atom stereocenters. The van der Waals surface area contributed by atoms with Crippen LogP contribution in [-0.2, 0) is 10.0 Å². The van der Waals surface area contributed by atoms with Gasteiger partial charge in [-0.2, -0.15) is 0 Å². The number of hydrogen-bond acceptors (Lipinski definition) is 4. The zero-order valence-corrected chi connectivity index (χ0v) is 14.6. The Morgan fingerprint density at radius 1 is 1.35 bits per heavy atom. The standard InChI is InChI=1S/C13H21NO4STe/c1-2-3-8-20-10-11(15)9-18-12-4-6-13(7-5-12)19(14,16)17/h4-7,11,15H,2-3,8-10H2,1H3,(H2,14,16,17). The molecule has 0 aliphatic rings. The molecular weight excluding hydrogens is 394 g/mol. The van der Waals surface area contributed by atoms with Gasteiger partial charge >= 0.3 is 131 Å². The first-order valence-corrected chi connectivity index (χ1v) is 11.3. The minimum atomic E-state index is -3.67.